The van der Waals surface area contributed by atoms with E-state index < -0.39 is 0 Å². The zero-order valence-electron chi connectivity index (χ0n) is 6.63. The first-order valence-electron chi connectivity index (χ1n) is 4.37. The van der Waals surface area contributed by atoms with E-state index in [2.05, 4.69) is 13.8 Å². The van der Waals surface area contributed by atoms with Crippen molar-refractivity contribution >= 4 is 0 Å². The van der Waals surface area contributed by atoms with Crippen molar-refractivity contribution < 1.29 is 4.74 Å². The summed E-state index contributed by atoms with van der Waals surface area (Å²) in [4.78, 5) is 0. The summed E-state index contributed by atoms with van der Waals surface area (Å²) in [6.45, 7) is 4.84. The van der Waals surface area contributed by atoms with E-state index in [0.717, 1.165) is 11.8 Å². The average molecular weight is 138 g/mol. The SMILES string of the molecule is CC1(C)C2CCC1C1OC12. The summed E-state index contributed by atoms with van der Waals surface area (Å²) in [6.07, 6.45) is 4.24. The standard InChI is InChI=1S/C9H14O/c1-9(2)5-3-4-6(9)8-7(5)10-8/h5-8H,3-4H2,1-2H3. The first kappa shape index (κ1) is 5.59. The summed E-state index contributed by atoms with van der Waals surface area (Å²) in [6, 6.07) is 0. The topological polar surface area (TPSA) is 12.5 Å². The van der Waals surface area contributed by atoms with E-state index in [1.807, 2.05) is 0 Å². The average Bonchev–Trinajstić information content (AvgIpc) is 2.54. The van der Waals surface area contributed by atoms with Crippen LogP contribution in [0.3, 0.4) is 0 Å². The maximum absolute atomic E-state index is 5.58. The maximum atomic E-state index is 5.58. The van der Waals surface area contributed by atoms with Crippen LogP contribution in [0.5, 0.6) is 0 Å². The van der Waals surface area contributed by atoms with Gasteiger partial charge in [-0.1, -0.05) is 13.8 Å². The van der Waals surface area contributed by atoms with Crippen LogP contribution in [0.25, 0.3) is 0 Å². The van der Waals surface area contributed by atoms with Crippen LogP contribution in [0.1, 0.15) is 26.7 Å². The van der Waals surface area contributed by atoms with Gasteiger partial charge in [-0.05, 0) is 30.1 Å². The zero-order chi connectivity index (χ0) is 6.93. The molecule has 0 amide bonds. The summed E-state index contributed by atoms with van der Waals surface area (Å²) in [5, 5.41) is 0. The van der Waals surface area contributed by atoms with E-state index in [9.17, 15) is 0 Å². The molecular weight excluding hydrogens is 124 g/mol. The van der Waals surface area contributed by atoms with Gasteiger partial charge >= 0.3 is 0 Å². The molecule has 4 atom stereocenters. The van der Waals surface area contributed by atoms with Crippen LogP contribution >= 0.6 is 0 Å². The van der Waals surface area contributed by atoms with Crippen molar-refractivity contribution in [3.63, 3.8) is 0 Å². The molecule has 56 valence electrons. The van der Waals surface area contributed by atoms with E-state index in [4.69, 9.17) is 4.74 Å². The van der Waals surface area contributed by atoms with Gasteiger partial charge in [0, 0.05) is 0 Å². The van der Waals surface area contributed by atoms with Crippen molar-refractivity contribution in [1.29, 1.82) is 0 Å². The first-order chi connectivity index (χ1) is 4.71. The highest BCUT2D eigenvalue weighted by atomic mass is 16.6. The smallest absolute Gasteiger partial charge is 0.0878 e. The van der Waals surface area contributed by atoms with Crippen LogP contribution in [-0.2, 0) is 4.74 Å². The van der Waals surface area contributed by atoms with Gasteiger partial charge in [0.25, 0.3) is 0 Å². The Hall–Kier alpha value is -0.0400. The van der Waals surface area contributed by atoms with E-state index in [-0.39, 0.29) is 0 Å². The van der Waals surface area contributed by atoms with Gasteiger partial charge in [-0.25, -0.2) is 0 Å². The van der Waals surface area contributed by atoms with Crippen LogP contribution < -0.4 is 0 Å². The van der Waals surface area contributed by atoms with Crippen LogP contribution in [0.2, 0.25) is 0 Å². The zero-order valence-corrected chi connectivity index (χ0v) is 6.63. The number of hydrogen-bond donors (Lipinski definition) is 0. The molecule has 0 radical (unpaired) electrons. The molecule has 1 saturated heterocycles. The highest BCUT2D eigenvalue weighted by Crippen LogP contribution is 2.65. The highest BCUT2D eigenvalue weighted by Gasteiger charge is 2.68. The molecule has 0 spiro atoms. The quantitative estimate of drug-likeness (QED) is 0.465. The molecule has 3 aliphatic rings. The molecule has 1 aliphatic heterocycles. The minimum absolute atomic E-state index is 0.619. The Labute approximate surface area is 61.8 Å². The molecule has 3 fully saturated rings. The number of fused-ring (bicyclic) bond motifs is 5. The van der Waals surface area contributed by atoms with Crippen molar-refractivity contribution in [3.05, 3.63) is 0 Å². The lowest BCUT2D eigenvalue weighted by atomic mass is 9.81. The summed E-state index contributed by atoms with van der Waals surface area (Å²) in [5.74, 6) is 1.81. The highest BCUT2D eigenvalue weighted by molar-refractivity contribution is 5.15. The molecule has 2 aliphatic carbocycles. The van der Waals surface area contributed by atoms with Crippen LogP contribution in [-0.4, -0.2) is 12.2 Å². The van der Waals surface area contributed by atoms with Crippen molar-refractivity contribution in [3.8, 4) is 0 Å². The molecule has 1 nitrogen and oxygen atoms in total. The molecule has 2 bridgehead atoms. The molecule has 10 heavy (non-hydrogen) atoms. The number of ether oxygens (including phenoxy) is 1. The van der Waals surface area contributed by atoms with Crippen LogP contribution in [0.4, 0.5) is 0 Å². The molecule has 2 saturated carbocycles. The lowest BCUT2D eigenvalue weighted by Gasteiger charge is -2.26. The molecule has 0 N–H and O–H groups in total. The molecule has 0 aromatic carbocycles. The second-order valence-electron chi connectivity index (χ2n) is 4.68. The van der Waals surface area contributed by atoms with E-state index in [1.54, 1.807) is 0 Å². The van der Waals surface area contributed by atoms with Gasteiger partial charge in [0.05, 0.1) is 12.2 Å². The third kappa shape index (κ3) is 0.402. The summed E-state index contributed by atoms with van der Waals surface area (Å²) in [7, 11) is 0. The fourth-order valence-electron chi connectivity index (χ4n) is 3.34. The molecule has 1 heteroatoms. The van der Waals surface area contributed by atoms with E-state index in [1.165, 1.54) is 12.8 Å². The monoisotopic (exact) mass is 138 g/mol. The van der Waals surface area contributed by atoms with Crippen molar-refractivity contribution in [2.75, 3.05) is 0 Å². The normalized spacial score (nSPS) is 60.6. The predicted molar refractivity (Wildman–Crippen MR) is 38.7 cm³/mol. The van der Waals surface area contributed by atoms with E-state index >= 15 is 0 Å². The second-order valence-corrected chi connectivity index (χ2v) is 4.68. The summed E-state index contributed by atoms with van der Waals surface area (Å²) >= 11 is 0. The van der Waals surface area contributed by atoms with Gasteiger partial charge < -0.3 is 4.74 Å². The molecule has 4 unspecified atom stereocenters. The Morgan fingerprint density at radius 3 is 1.90 bits per heavy atom. The van der Waals surface area contributed by atoms with Crippen molar-refractivity contribution in [2.24, 2.45) is 17.3 Å². The van der Waals surface area contributed by atoms with Crippen LogP contribution in [0.15, 0.2) is 0 Å². The van der Waals surface area contributed by atoms with Gasteiger partial charge in [0.15, 0.2) is 0 Å². The Bertz CT molecular complexity index is 167. The van der Waals surface area contributed by atoms with Gasteiger partial charge in [0.1, 0.15) is 0 Å². The second kappa shape index (κ2) is 1.29. The number of hydrogen-bond acceptors (Lipinski definition) is 1. The van der Waals surface area contributed by atoms with Crippen molar-refractivity contribution in [1.82, 2.24) is 0 Å². The largest absolute Gasteiger partial charge is 0.369 e. The third-order valence-corrected chi connectivity index (χ3v) is 4.05. The predicted octanol–water partition coefficient (Wildman–Crippen LogP) is 1.82. The van der Waals surface area contributed by atoms with Gasteiger partial charge in [-0.3, -0.25) is 0 Å². The molecular formula is C9H14O. The minimum Gasteiger partial charge on any atom is -0.369 e. The Kier molecular flexibility index (Phi) is 0.722. The third-order valence-electron chi connectivity index (χ3n) is 4.05. The summed E-state index contributed by atoms with van der Waals surface area (Å²) in [5.41, 5.74) is 0.619. The van der Waals surface area contributed by atoms with Gasteiger partial charge in [-0.2, -0.15) is 0 Å². The Balaban J connectivity index is 2.05. The molecule has 3 rings (SSSR count). The first-order valence-corrected chi connectivity index (χ1v) is 4.37. The lowest BCUT2D eigenvalue weighted by Crippen LogP contribution is -2.22. The minimum atomic E-state index is 0.619. The Morgan fingerprint density at radius 2 is 1.60 bits per heavy atom. The molecule has 0 aromatic rings. The fourth-order valence-corrected chi connectivity index (χ4v) is 3.34. The molecule has 0 aromatic heterocycles. The summed E-state index contributed by atoms with van der Waals surface area (Å²) < 4.78 is 5.58. The fraction of sp³-hybridized carbons (Fsp3) is 1.00. The number of epoxide rings is 1. The molecule has 1 heterocycles. The van der Waals surface area contributed by atoms with Crippen LogP contribution in [0, 0.1) is 17.3 Å². The Morgan fingerprint density at radius 1 is 1.10 bits per heavy atom. The number of rotatable bonds is 0. The lowest BCUT2D eigenvalue weighted by molar-refractivity contribution is 0.124. The van der Waals surface area contributed by atoms with Crippen molar-refractivity contribution in [2.45, 2.75) is 38.9 Å². The maximum Gasteiger partial charge on any atom is 0.0878 e. The van der Waals surface area contributed by atoms with E-state index in [0.29, 0.717) is 17.6 Å². The van der Waals surface area contributed by atoms with Gasteiger partial charge in [0.2, 0.25) is 0 Å². The van der Waals surface area contributed by atoms with Gasteiger partial charge in [-0.15, -0.1) is 0 Å².